The van der Waals surface area contributed by atoms with Crippen LogP contribution < -0.4 is 5.73 Å². The zero-order valence-electron chi connectivity index (χ0n) is 14.1. The van der Waals surface area contributed by atoms with E-state index in [-0.39, 0.29) is 10.7 Å². The van der Waals surface area contributed by atoms with Gasteiger partial charge in [-0.25, -0.2) is 9.97 Å². The number of anilines is 1. The standard InChI is InChI=1S/C9H5ClN2O3.C9H7ClN2O/c10-8-3-6(12(13)14)1-2-7(8)9-4-11-5-15-9;10-8-3-6(11)1-2-7(8)9-4-12-5-13-9/h1-5H;1-5H,11H2. The Morgan fingerprint density at radius 3 is 1.86 bits per heavy atom. The maximum absolute atomic E-state index is 10.5. The largest absolute Gasteiger partial charge is 0.443 e. The number of nitro groups is 1. The molecule has 0 fully saturated rings. The monoisotopic (exact) mass is 418 g/mol. The molecule has 0 aliphatic carbocycles. The summed E-state index contributed by atoms with van der Waals surface area (Å²) in [5.41, 5.74) is 7.51. The van der Waals surface area contributed by atoms with Gasteiger partial charge in [-0.1, -0.05) is 23.2 Å². The summed E-state index contributed by atoms with van der Waals surface area (Å²) in [4.78, 5) is 17.5. The van der Waals surface area contributed by atoms with E-state index in [0.717, 1.165) is 5.56 Å². The number of hydrogen-bond donors (Lipinski definition) is 1. The lowest BCUT2D eigenvalue weighted by Crippen LogP contribution is -1.88. The zero-order chi connectivity index (χ0) is 20.1. The summed E-state index contributed by atoms with van der Waals surface area (Å²) in [7, 11) is 0. The van der Waals surface area contributed by atoms with Crippen LogP contribution in [0, 0.1) is 10.1 Å². The summed E-state index contributed by atoms with van der Waals surface area (Å²) >= 11 is 11.8. The highest BCUT2D eigenvalue weighted by Crippen LogP contribution is 2.31. The fourth-order valence-corrected chi connectivity index (χ4v) is 2.80. The van der Waals surface area contributed by atoms with Gasteiger partial charge >= 0.3 is 0 Å². The number of oxazole rings is 2. The SMILES string of the molecule is Nc1ccc(-c2cnco2)c(Cl)c1.O=[N+]([O-])c1ccc(-c2cnco2)c(Cl)c1. The van der Waals surface area contributed by atoms with Gasteiger partial charge in [-0.15, -0.1) is 0 Å². The molecule has 2 N–H and O–H groups in total. The Kier molecular flexibility index (Phi) is 5.93. The van der Waals surface area contributed by atoms with E-state index < -0.39 is 4.92 Å². The maximum atomic E-state index is 10.5. The molecule has 2 aromatic heterocycles. The molecule has 28 heavy (non-hydrogen) atoms. The van der Waals surface area contributed by atoms with Crippen LogP contribution in [0.15, 0.2) is 70.4 Å². The van der Waals surface area contributed by atoms with Crippen LogP contribution in [0.25, 0.3) is 22.6 Å². The zero-order valence-corrected chi connectivity index (χ0v) is 15.6. The fourth-order valence-electron chi connectivity index (χ4n) is 2.25. The van der Waals surface area contributed by atoms with Gasteiger partial charge < -0.3 is 14.6 Å². The van der Waals surface area contributed by atoms with E-state index in [1.54, 1.807) is 24.4 Å². The molecule has 0 aliphatic heterocycles. The molecule has 0 unspecified atom stereocenters. The third-order valence-electron chi connectivity index (χ3n) is 3.55. The molecule has 0 amide bonds. The summed E-state index contributed by atoms with van der Waals surface area (Å²) in [5, 5.41) is 11.3. The van der Waals surface area contributed by atoms with Crippen LogP contribution in [0.1, 0.15) is 0 Å². The number of halogens is 2. The first-order valence-electron chi connectivity index (χ1n) is 7.72. The summed E-state index contributed by atoms with van der Waals surface area (Å²) in [6.45, 7) is 0. The Morgan fingerprint density at radius 2 is 1.43 bits per heavy atom. The molecule has 8 nitrogen and oxygen atoms in total. The molecule has 2 aromatic carbocycles. The Labute approximate surface area is 168 Å². The van der Waals surface area contributed by atoms with E-state index in [2.05, 4.69) is 9.97 Å². The van der Waals surface area contributed by atoms with Gasteiger partial charge in [-0.05, 0) is 24.3 Å². The Morgan fingerprint density at radius 1 is 0.893 bits per heavy atom. The first-order valence-corrected chi connectivity index (χ1v) is 8.48. The van der Waals surface area contributed by atoms with Crippen molar-refractivity contribution in [3.05, 3.63) is 81.7 Å². The molecule has 0 atom stereocenters. The van der Waals surface area contributed by atoms with Crippen molar-refractivity contribution in [3.8, 4) is 22.6 Å². The second kappa shape index (κ2) is 8.55. The molecule has 4 rings (SSSR count). The Balaban J connectivity index is 0.000000162. The average Bonchev–Trinajstić information content (AvgIpc) is 3.36. The highest BCUT2D eigenvalue weighted by atomic mass is 35.5. The van der Waals surface area contributed by atoms with E-state index >= 15 is 0 Å². The van der Waals surface area contributed by atoms with Crippen LogP contribution in [0.4, 0.5) is 11.4 Å². The summed E-state index contributed by atoms with van der Waals surface area (Å²) in [5.74, 6) is 1.12. The summed E-state index contributed by atoms with van der Waals surface area (Å²) < 4.78 is 10.1. The maximum Gasteiger partial charge on any atom is 0.270 e. The van der Waals surface area contributed by atoms with E-state index in [1.807, 2.05) is 0 Å². The third kappa shape index (κ3) is 4.48. The van der Waals surface area contributed by atoms with Crippen molar-refractivity contribution in [2.24, 2.45) is 0 Å². The number of non-ortho nitro benzene ring substituents is 1. The second-order valence-corrected chi connectivity index (χ2v) is 6.21. The molecule has 2 heterocycles. The number of aromatic nitrogens is 2. The third-order valence-corrected chi connectivity index (χ3v) is 4.18. The van der Waals surface area contributed by atoms with Crippen molar-refractivity contribution >= 4 is 34.6 Å². The molecular formula is C18H12Cl2N4O4. The van der Waals surface area contributed by atoms with Gasteiger partial charge in [-0.2, -0.15) is 0 Å². The number of hydrogen-bond acceptors (Lipinski definition) is 7. The normalized spacial score (nSPS) is 10.2. The molecule has 0 spiro atoms. The van der Waals surface area contributed by atoms with Crippen molar-refractivity contribution in [2.45, 2.75) is 0 Å². The van der Waals surface area contributed by atoms with Gasteiger partial charge in [-0.3, -0.25) is 10.1 Å². The lowest BCUT2D eigenvalue weighted by molar-refractivity contribution is -0.384. The van der Waals surface area contributed by atoms with Crippen molar-refractivity contribution in [2.75, 3.05) is 5.73 Å². The molecule has 4 aromatic rings. The Hall–Kier alpha value is -3.36. The van der Waals surface area contributed by atoms with E-state index in [9.17, 15) is 10.1 Å². The van der Waals surface area contributed by atoms with Gasteiger partial charge in [0.15, 0.2) is 24.3 Å². The smallest absolute Gasteiger partial charge is 0.270 e. The highest BCUT2D eigenvalue weighted by molar-refractivity contribution is 6.33. The van der Waals surface area contributed by atoms with Gasteiger partial charge in [0.2, 0.25) is 0 Å². The molecule has 0 saturated heterocycles. The number of nitrogens with two attached hydrogens (primary N) is 1. The quantitative estimate of drug-likeness (QED) is 0.265. The molecule has 142 valence electrons. The lowest BCUT2D eigenvalue weighted by atomic mass is 10.2. The number of benzene rings is 2. The molecule has 0 bridgehead atoms. The van der Waals surface area contributed by atoms with Gasteiger partial charge in [0.1, 0.15) is 0 Å². The van der Waals surface area contributed by atoms with E-state index in [1.165, 1.54) is 37.2 Å². The molecule has 0 aliphatic rings. The first kappa shape index (κ1) is 19.4. The van der Waals surface area contributed by atoms with E-state index in [0.29, 0.717) is 27.8 Å². The number of nitrogen functional groups attached to an aromatic ring is 1. The number of nitro benzene ring substituents is 1. The van der Waals surface area contributed by atoms with Gasteiger partial charge in [0.25, 0.3) is 5.69 Å². The second-order valence-electron chi connectivity index (χ2n) is 5.39. The van der Waals surface area contributed by atoms with Crippen molar-refractivity contribution in [3.63, 3.8) is 0 Å². The topological polar surface area (TPSA) is 121 Å². The van der Waals surface area contributed by atoms with E-state index in [4.69, 9.17) is 37.8 Å². The lowest BCUT2D eigenvalue weighted by Gasteiger charge is -2.00. The van der Waals surface area contributed by atoms with Crippen LogP contribution in [-0.2, 0) is 0 Å². The highest BCUT2D eigenvalue weighted by Gasteiger charge is 2.12. The van der Waals surface area contributed by atoms with Gasteiger partial charge in [0.05, 0.1) is 27.4 Å². The summed E-state index contributed by atoms with van der Waals surface area (Å²) in [6, 6.07) is 9.42. The predicted molar refractivity (Wildman–Crippen MR) is 105 cm³/mol. The van der Waals surface area contributed by atoms with Crippen molar-refractivity contribution in [1.82, 2.24) is 9.97 Å². The first-order chi connectivity index (χ1) is 13.5. The van der Waals surface area contributed by atoms with Crippen molar-refractivity contribution < 1.29 is 13.8 Å². The molecule has 0 saturated carbocycles. The van der Waals surface area contributed by atoms with Crippen LogP contribution in [0.5, 0.6) is 0 Å². The van der Waals surface area contributed by atoms with Crippen molar-refractivity contribution in [1.29, 1.82) is 0 Å². The van der Waals surface area contributed by atoms with Crippen LogP contribution in [0.3, 0.4) is 0 Å². The summed E-state index contributed by atoms with van der Waals surface area (Å²) in [6.07, 6.45) is 5.74. The molecule has 10 heteroatoms. The minimum absolute atomic E-state index is 0.0525. The van der Waals surface area contributed by atoms with Crippen LogP contribution >= 0.6 is 23.2 Å². The number of rotatable bonds is 3. The predicted octanol–water partition coefficient (Wildman–Crippen LogP) is 5.48. The average molecular weight is 419 g/mol. The van der Waals surface area contributed by atoms with Crippen LogP contribution in [0.2, 0.25) is 10.0 Å². The fraction of sp³-hybridized carbons (Fsp3) is 0. The molecule has 0 radical (unpaired) electrons. The minimum Gasteiger partial charge on any atom is -0.443 e. The molecular weight excluding hydrogens is 407 g/mol. The Bertz CT molecular complexity index is 1080. The van der Waals surface area contributed by atoms with Gasteiger partial charge in [0, 0.05) is 28.9 Å². The minimum atomic E-state index is -0.504. The number of nitrogens with zero attached hydrogens (tertiary/aromatic N) is 3. The van der Waals surface area contributed by atoms with Crippen LogP contribution in [-0.4, -0.2) is 14.9 Å².